The van der Waals surface area contributed by atoms with E-state index in [1.807, 2.05) is 0 Å². The Labute approximate surface area is 255 Å². The Kier molecular flexibility index (Phi) is 9.98. The topological polar surface area (TPSA) is 115 Å². The summed E-state index contributed by atoms with van der Waals surface area (Å²) in [7, 11) is 2.02. The number of pyridine rings is 1. The fourth-order valence-corrected chi connectivity index (χ4v) is 6.98. The first-order chi connectivity index (χ1) is 20.0. The van der Waals surface area contributed by atoms with Crippen LogP contribution in [0.15, 0.2) is 59.8 Å². The molecule has 1 fully saturated rings. The fourth-order valence-electron chi connectivity index (χ4n) is 4.76. The third-order valence-corrected chi connectivity index (χ3v) is 9.50. The van der Waals surface area contributed by atoms with E-state index in [0.29, 0.717) is 39.1 Å². The number of nitrogens with zero attached hydrogens (tertiary/aromatic N) is 3. The Hall–Kier alpha value is -3.38. The largest absolute Gasteiger partial charge is 0.493 e. The van der Waals surface area contributed by atoms with Crippen LogP contribution in [-0.4, -0.2) is 75.4 Å². The van der Waals surface area contributed by atoms with Gasteiger partial charge in [-0.05, 0) is 54.3 Å². The predicted molar refractivity (Wildman–Crippen MR) is 158 cm³/mol. The highest BCUT2D eigenvalue weighted by Crippen LogP contribution is 2.36. The van der Waals surface area contributed by atoms with Gasteiger partial charge in [-0.25, -0.2) is 8.42 Å². The second-order valence-corrected chi connectivity index (χ2v) is 12.5. The number of ether oxygens (including phenoxy) is 3. The highest BCUT2D eigenvalue weighted by atomic mass is 35.5. The lowest BCUT2D eigenvalue weighted by molar-refractivity contribution is -0.153. The Morgan fingerprint density at radius 3 is 2.38 bits per heavy atom. The van der Waals surface area contributed by atoms with Crippen LogP contribution >= 0.6 is 23.2 Å². The number of aromatic nitrogens is 1. The van der Waals surface area contributed by atoms with Gasteiger partial charge in [0.15, 0.2) is 11.5 Å². The van der Waals surface area contributed by atoms with Gasteiger partial charge >= 0.3 is 5.97 Å². The maximum Gasteiger partial charge on any atom is 0.325 e. The molecule has 13 heteroatoms. The van der Waals surface area contributed by atoms with Crippen LogP contribution in [0.3, 0.4) is 0 Å². The van der Waals surface area contributed by atoms with Gasteiger partial charge in [0.2, 0.25) is 10.0 Å². The molecule has 1 aliphatic rings. The van der Waals surface area contributed by atoms with Crippen molar-refractivity contribution in [2.24, 2.45) is 0 Å². The average molecular weight is 637 g/mol. The van der Waals surface area contributed by atoms with Crippen molar-refractivity contribution in [3.05, 3.63) is 81.6 Å². The SMILES string of the molecule is COc1ccc(C(Cc2c(Cl)cncc2Cl)OC(=O)C2CCCN2S(=O)(=O)c2cccc(C(=O)N(C)C)c2)cc1OC. The predicted octanol–water partition coefficient (Wildman–Crippen LogP) is 4.79. The highest BCUT2D eigenvalue weighted by molar-refractivity contribution is 7.89. The van der Waals surface area contributed by atoms with Crippen LogP contribution in [0.1, 0.15) is 40.4 Å². The quantitative estimate of drug-likeness (QED) is 0.292. The normalized spacial score (nSPS) is 16.1. The van der Waals surface area contributed by atoms with Crippen molar-refractivity contribution < 1.29 is 32.2 Å². The number of hydrogen-bond acceptors (Lipinski definition) is 8. The summed E-state index contributed by atoms with van der Waals surface area (Å²) in [5.41, 5.74) is 1.30. The number of rotatable bonds is 10. The molecule has 3 aromatic rings. The van der Waals surface area contributed by atoms with Gasteiger partial charge in [-0.1, -0.05) is 35.3 Å². The van der Waals surface area contributed by atoms with Gasteiger partial charge in [0.1, 0.15) is 12.1 Å². The van der Waals surface area contributed by atoms with Crippen molar-refractivity contribution in [3.63, 3.8) is 0 Å². The molecule has 2 aromatic carbocycles. The minimum atomic E-state index is -4.13. The molecule has 0 N–H and O–H groups in total. The van der Waals surface area contributed by atoms with Crippen LogP contribution in [0.2, 0.25) is 10.0 Å². The molecule has 0 saturated carbocycles. The number of carbonyl (C=O) groups is 2. The van der Waals surface area contributed by atoms with Crippen LogP contribution < -0.4 is 9.47 Å². The zero-order valence-corrected chi connectivity index (χ0v) is 25.9. The summed E-state index contributed by atoms with van der Waals surface area (Å²) in [6.07, 6.45) is 2.80. The first-order valence-electron chi connectivity index (χ1n) is 13.0. The van der Waals surface area contributed by atoms with Crippen LogP contribution in [0.5, 0.6) is 11.5 Å². The lowest BCUT2D eigenvalue weighted by atomic mass is 10.0. The van der Waals surface area contributed by atoms with E-state index in [9.17, 15) is 18.0 Å². The van der Waals surface area contributed by atoms with Gasteiger partial charge in [0.05, 0.1) is 29.2 Å². The lowest BCUT2D eigenvalue weighted by Gasteiger charge is -2.26. The number of hydrogen-bond donors (Lipinski definition) is 0. The smallest absolute Gasteiger partial charge is 0.325 e. The van der Waals surface area contributed by atoms with Crippen LogP contribution in [0.4, 0.5) is 0 Å². The molecule has 0 spiro atoms. The average Bonchev–Trinajstić information content (AvgIpc) is 3.49. The molecule has 1 amide bonds. The van der Waals surface area contributed by atoms with E-state index in [1.165, 1.54) is 49.7 Å². The molecule has 1 aliphatic heterocycles. The molecular formula is C29H31Cl2N3O7S. The lowest BCUT2D eigenvalue weighted by Crippen LogP contribution is -2.42. The van der Waals surface area contributed by atoms with E-state index in [-0.39, 0.29) is 35.8 Å². The van der Waals surface area contributed by atoms with Crippen LogP contribution in [0.25, 0.3) is 0 Å². The van der Waals surface area contributed by atoms with Gasteiger partial charge in [-0.3, -0.25) is 14.6 Å². The number of methoxy groups -OCH3 is 2. The number of benzene rings is 2. The summed E-state index contributed by atoms with van der Waals surface area (Å²) < 4.78 is 45.3. The molecule has 1 aromatic heterocycles. The first-order valence-corrected chi connectivity index (χ1v) is 15.2. The molecule has 224 valence electrons. The molecule has 0 bridgehead atoms. The minimum absolute atomic E-state index is 0.0818. The van der Waals surface area contributed by atoms with E-state index < -0.39 is 28.1 Å². The van der Waals surface area contributed by atoms with E-state index >= 15 is 0 Å². The Bertz CT molecular complexity index is 1560. The van der Waals surface area contributed by atoms with Crippen molar-refractivity contribution in [3.8, 4) is 11.5 Å². The van der Waals surface area contributed by atoms with E-state index in [4.69, 9.17) is 37.4 Å². The van der Waals surface area contributed by atoms with Gasteiger partial charge in [0, 0.05) is 45.0 Å². The molecule has 2 heterocycles. The summed E-state index contributed by atoms with van der Waals surface area (Å²) in [4.78, 5) is 31.4. The number of amides is 1. The summed E-state index contributed by atoms with van der Waals surface area (Å²) >= 11 is 12.8. The van der Waals surface area contributed by atoms with Crippen molar-refractivity contribution in [1.82, 2.24) is 14.2 Å². The van der Waals surface area contributed by atoms with Gasteiger partial charge in [0.25, 0.3) is 5.91 Å². The van der Waals surface area contributed by atoms with Crippen LogP contribution in [0, 0.1) is 0 Å². The maximum atomic E-state index is 13.7. The number of halogens is 2. The molecule has 2 unspecified atom stereocenters. The molecule has 2 atom stereocenters. The number of esters is 1. The molecule has 4 rings (SSSR count). The van der Waals surface area contributed by atoms with Crippen LogP contribution in [-0.2, 0) is 26.0 Å². The summed E-state index contributed by atoms with van der Waals surface area (Å²) in [6.45, 7) is 0.122. The zero-order valence-electron chi connectivity index (χ0n) is 23.5. The molecule has 42 heavy (non-hydrogen) atoms. The molecule has 0 aliphatic carbocycles. The maximum absolute atomic E-state index is 13.7. The molecule has 0 radical (unpaired) electrons. The standard InChI is InChI=1S/C29H31Cl2N3O7S/c1-33(2)28(35)19-7-5-8-20(13-19)42(37,38)34-12-6-9-24(34)29(36)41-26(15-21-22(30)16-32-17-23(21)31)18-10-11-25(39-3)27(14-18)40-4/h5,7-8,10-11,13-14,16-17,24,26H,6,9,12,15H2,1-4H3. The monoisotopic (exact) mass is 635 g/mol. The summed E-state index contributed by atoms with van der Waals surface area (Å²) in [5.74, 6) is -0.164. The minimum Gasteiger partial charge on any atom is -0.493 e. The van der Waals surface area contributed by atoms with Crippen molar-refractivity contribution in [2.75, 3.05) is 34.9 Å². The summed E-state index contributed by atoms with van der Waals surface area (Å²) in [6, 6.07) is 9.77. The Morgan fingerprint density at radius 2 is 1.74 bits per heavy atom. The zero-order chi connectivity index (χ0) is 30.6. The Balaban J connectivity index is 1.66. The van der Waals surface area contributed by atoms with E-state index in [1.54, 1.807) is 38.4 Å². The second-order valence-electron chi connectivity index (χ2n) is 9.83. The van der Waals surface area contributed by atoms with Crippen molar-refractivity contribution in [2.45, 2.75) is 36.3 Å². The second kappa shape index (κ2) is 13.3. The Morgan fingerprint density at radius 1 is 1.05 bits per heavy atom. The molecule has 10 nitrogen and oxygen atoms in total. The van der Waals surface area contributed by atoms with Crippen molar-refractivity contribution in [1.29, 1.82) is 0 Å². The van der Waals surface area contributed by atoms with Gasteiger partial charge < -0.3 is 19.1 Å². The van der Waals surface area contributed by atoms with Gasteiger partial charge in [-0.2, -0.15) is 4.31 Å². The first kappa shape index (κ1) is 31.6. The van der Waals surface area contributed by atoms with E-state index in [2.05, 4.69) is 4.98 Å². The number of sulfonamides is 1. The molecular weight excluding hydrogens is 605 g/mol. The fraction of sp³-hybridized carbons (Fsp3) is 0.345. The number of carbonyl (C=O) groups excluding carboxylic acids is 2. The third-order valence-electron chi connectivity index (χ3n) is 6.95. The molecule has 1 saturated heterocycles. The van der Waals surface area contributed by atoms with Crippen molar-refractivity contribution >= 4 is 45.1 Å². The summed E-state index contributed by atoms with van der Waals surface area (Å²) in [5, 5.41) is 0.586. The highest BCUT2D eigenvalue weighted by Gasteiger charge is 2.41. The van der Waals surface area contributed by atoms with Gasteiger partial charge in [-0.15, -0.1) is 0 Å². The third kappa shape index (κ3) is 6.64. The van der Waals surface area contributed by atoms with E-state index in [0.717, 1.165) is 4.31 Å².